The summed E-state index contributed by atoms with van der Waals surface area (Å²) >= 11 is 1.99. The Morgan fingerprint density at radius 1 is 1.26 bits per heavy atom. The van der Waals surface area contributed by atoms with Gasteiger partial charge in [0.2, 0.25) is 0 Å². The van der Waals surface area contributed by atoms with Gasteiger partial charge in [-0.1, -0.05) is 19.4 Å². The van der Waals surface area contributed by atoms with Gasteiger partial charge in [-0.3, -0.25) is 0 Å². The molecule has 0 aromatic heterocycles. The van der Waals surface area contributed by atoms with E-state index in [1.54, 1.807) is 14.2 Å². The maximum absolute atomic E-state index is 5.47. The Labute approximate surface area is 121 Å². The maximum Gasteiger partial charge on any atom is 0.127 e. The Bertz CT molecular complexity index is 371. The van der Waals surface area contributed by atoms with Crippen LogP contribution in [0, 0.1) is 0 Å². The minimum atomic E-state index is 0.308. The highest BCUT2D eigenvalue weighted by atomic mass is 32.2. The van der Waals surface area contributed by atoms with Crippen molar-refractivity contribution < 1.29 is 9.47 Å². The highest BCUT2D eigenvalue weighted by Crippen LogP contribution is 2.31. The van der Waals surface area contributed by atoms with Crippen LogP contribution in [0.4, 0.5) is 0 Å². The molecule has 0 saturated heterocycles. The molecule has 0 radical (unpaired) electrons. The molecule has 1 aromatic rings. The van der Waals surface area contributed by atoms with E-state index in [4.69, 9.17) is 9.47 Å². The Hall–Kier alpha value is -0.870. The Morgan fingerprint density at radius 2 is 2.05 bits per heavy atom. The predicted octanol–water partition coefficient (Wildman–Crippen LogP) is 3.50. The summed E-state index contributed by atoms with van der Waals surface area (Å²) in [6.07, 6.45) is 2.53. The SMILES string of the molecule is CCCCSCC(NC)c1ccc(OC)cc1OC. The topological polar surface area (TPSA) is 30.5 Å². The van der Waals surface area contributed by atoms with E-state index in [0.717, 1.165) is 17.3 Å². The summed E-state index contributed by atoms with van der Waals surface area (Å²) in [5.74, 6) is 3.98. The first-order valence-electron chi connectivity index (χ1n) is 6.73. The number of ether oxygens (including phenoxy) is 2. The van der Waals surface area contributed by atoms with Crippen LogP contribution in [0.1, 0.15) is 31.4 Å². The van der Waals surface area contributed by atoms with Crippen LogP contribution in [-0.4, -0.2) is 32.8 Å². The molecule has 108 valence electrons. The monoisotopic (exact) mass is 283 g/mol. The maximum atomic E-state index is 5.47. The standard InChI is InChI=1S/C15H25NO2S/c1-5-6-9-19-11-14(16-2)13-8-7-12(17-3)10-15(13)18-4/h7-8,10,14,16H,5-6,9,11H2,1-4H3. The van der Waals surface area contributed by atoms with Crippen LogP contribution in [0.25, 0.3) is 0 Å². The molecule has 0 aliphatic rings. The van der Waals surface area contributed by atoms with Gasteiger partial charge < -0.3 is 14.8 Å². The van der Waals surface area contributed by atoms with E-state index in [2.05, 4.69) is 18.3 Å². The molecule has 0 aliphatic heterocycles. The fraction of sp³-hybridized carbons (Fsp3) is 0.600. The van der Waals surface area contributed by atoms with Crippen LogP contribution in [-0.2, 0) is 0 Å². The van der Waals surface area contributed by atoms with Crippen molar-refractivity contribution in [3.8, 4) is 11.5 Å². The summed E-state index contributed by atoms with van der Waals surface area (Å²) in [7, 11) is 5.37. The van der Waals surface area contributed by atoms with Gasteiger partial charge in [-0.05, 0) is 25.3 Å². The van der Waals surface area contributed by atoms with Crippen LogP contribution in [0.5, 0.6) is 11.5 Å². The van der Waals surface area contributed by atoms with Crippen molar-refractivity contribution >= 4 is 11.8 Å². The molecule has 1 atom stereocenters. The van der Waals surface area contributed by atoms with Crippen molar-refractivity contribution in [3.63, 3.8) is 0 Å². The lowest BCUT2D eigenvalue weighted by atomic mass is 10.1. The molecule has 0 aliphatic carbocycles. The van der Waals surface area contributed by atoms with E-state index in [-0.39, 0.29) is 0 Å². The molecule has 19 heavy (non-hydrogen) atoms. The van der Waals surface area contributed by atoms with Crippen molar-refractivity contribution in [1.82, 2.24) is 5.32 Å². The van der Waals surface area contributed by atoms with E-state index >= 15 is 0 Å². The number of thioether (sulfide) groups is 1. The Kier molecular flexibility index (Phi) is 7.75. The van der Waals surface area contributed by atoms with Crippen molar-refractivity contribution in [3.05, 3.63) is 23.8 Å². The van der Waals surface area contributed by atoms with Crippen molar-refractivity contribution in [2.45, 2.75) is 25.8 Å². The number of methoxy groups -OCH3 is 2. The number of nitrogens with one attached hydrogen (secondary N) is 1. The van der Waals surface area contributed by atoms with E-state index in [1.807, 2.05) is 30.9 Å². The van der Waals surface area contributed by atoms with E-state index < -0.39 is 0 Å². The molecule has 0 spiro atoms. The van der Waals surface area contributed by atoms with Gasteiger partial charge in [0.25, 0.3) is 0 Å². The molecule has 1 rings (SSSR count). The van der Waals surface area contributed by atoms with Gasteiger partial charge in [-0.2, -0.15) is 11.8 Å². The van der Waals surface area contributed by atoms with Crippen LogP contribution >= 0.6 is 11.8 Å². The first kappa shape index (κ1) is 16.2. The van der Waals surface area contributed by atoms with Crippen LogP contribution in [0.3, 0.4) is 0 Å². The molecule has 0 fully saturated rings. The number of benzene rings is 1. The zero-order chi connectivity index (χ0) is 14.1. The third-order valence-electron chi connectivity index (χ3n) is 3.09. The minimum Gasteiger partial charge on any atom is -0.497 e. The lowest BCUT2D eigenvalue weighted by Gasteiger charge is -2.19. The second kappa shape index (κ2) is 9.10. The van der Waals surface area contributed by atoms with E-state index in [1.165, 1.54) is 24.2 Å². The van der Waals surface area contributed by atoms with Gasteiger partial charge in [-0.15, -0.1) is 0 Å². The smallest absolute Gasteiger partial charge is 0.127 e. The van der Waals surface area contributed by atoms with Gasteiger partial charge in [0.15, 0.2) is 0 Å². The molecule has 3 nitrogen and oxygen atoms in total. The van der Waals surface area contributed by atoms with Crippen molar-refractivity contribution in [2.24, 2.45) is 0 Å². The molecule has 1 N–H and O–H groups in total. The number of hydrogen-bond donors (Lipinski definition) is 1. The zero-order valence-electron chi connectivity index (χ0n) is 12.4. The molecular formula is C15H25NO2S. The largest absolute Gasteiger partial charge is 0.497 e. The van der Waals surface area contributed by atoms with Gasteiger partial charge in [0.05, 0.1) is 14.2 Å². The summed E-state index contributed by atoms with van der Waals surface area (Å²) in [6.45, 7) is 2.22. The Morgan fingerprint density at radius 3 is 2.63 bits per heavy atom. The first-order valence-corrected chi connectivity index (χ1v) is 7.89. The quantitative estimate of drug-likeness (QED) is 0.703. The summed E-state index contributed by atoms with van der Waals surface area (Å²) in [6, 6.07) is 6.32. The highest BCUT2D eigenvalue weighted by molar-refractivity contribution is 7.99. The third kappa shape index (κ3) is 4.96. The summed E-state index contributed by atoms with van der Waals surface area (Å²) in [4.78, 5) is 0. The Balaban J connectivity index is 2.73. The van der Waals surface area contributed by atoms with Crippen molar-refractivity contribution in [1.29, 1.82) is 0 Å². The van der Waals surface area contributed by atoms with Crippen molar-refractivity contribution in [2.75, 3.05) is 32.8 Å². The van der Waals surface area contributed by atoms with Gasteiger partial charge in [0, 0.05) is 23.4 Å². The van der Waals surface area contributed by atoms with E-state index in [9.17, 15) is 0 Å². The van der Waals surface area contributed by atoms with Crippen LogP contribution < -0.4 is 14.8 Å². The molecular weight excluding hydrogens is 258 g/mol. The average Bonchev–Trinajstić information content (AvgIpc) is 2.47. The molecule has 0 amide bonds. The predicted molar refractivity (Wildman–Crippen MR) is 83.6 cm³/mol. The second-order valence-corrected chi connectivity index (χ2v) is 5.53. The molecule has 1 unspecified atom stereocenters. The van der Waals surface area contributed by atoms with Gasteiger partial charge in [-0.25, -0.2) is 0 Å². The number of unbranched alkanes of at least 4 members (excludes halogenated alkanes) is 1. The molecule has 0 heterocycles. The molecule has 1 aromatic carbocycles. The molecule has 4 heteroatoms. The van der Waals surface area contributed by atoms with Crippen LogP contribution in [0.2, 0.25) is 0 Å². The number of hydrogen-bond acceptors (Lipinski definition) is 4. The average molecular weight is 283 g/mol. The normalized spacial score (nSPS) is 12.2. The second-order valence-electron chi connectivity index (χ2n) is 4.38. The highest BCUT2D eigenvalue weighted by Gasteiger charge is 2.15. The lowest BCUT2D eigenvalue weighted by Crippen LogP contribution is -2.19. The van der Waals surface area contributed by atoms with E-state index in [0.29, 0.717) is 6.04 Å². The third-order valence-corrected chi connectivity index (χ3v) is 4.24. The molecule has 0 saturated carbocycles. The minimum absolute atomic E-state index is 0.308. The van der Waals surface area contributed by atoms with Gasteiger partial charge >= 0.3 is 0 Å². The van der Waals surface area contributed by atoms with Gasteiger partial charge in [0.1, 0.15) is 11.5 Å². The fourth-order valence-electron chi connectivity index (χ4n) is 1.88. The van der Waals surface area contributed by atoms with Crippen LogP contribution in [0.15, 0.2) is 18.2 Å². The summed E-state index contributed by atoms with van der Waals surface area (Å²) in [5, 5.41) is 3.37. The molecule has 0 bridgehead atoms. The summed E-state index contributed by atoms with van der Waals surface area (Å²) < 4.78 is 10.7. The summed E-state index contributed by atoms with van der Waals surface area (Å²) in [5.41, 5.74) is 1.19. The lowest BCUT2D eigenvalue weighted by molar-refractivity contribution is 0.387. The number of rotatable bonds is 9. The first-order chi connectivity index (χ1) is 9.26. The fourth-order valence-corrected chi connectivity index (χ4v) is 3.12. The zero-order valence-corrected chi connectivity index (χ0v) is 13.2.